The van der Waals surface area contributed by atoms with Gasteiger partial charge in [-0.1, -0.05) is 48.5 Å². The molecule has 0 unspecified atom stereocenters. The molecular formula is C33H25FN6. The summed E-state index contributed by atoms with van der Waals surface area (Å²) in [6.45, 7) is 1.53. The van der Waals surface area contributed by atoms with E-state index in [-0.39, 0.29) is 5.82 Å². The van der Waals surface area contributed by atoms with Gasteiger partial charge in [0.05, 0.1) is 22.9 Å². The predicted octanol–water partition coefficient (Wildman–Crippen LogP) is 7.26. The van der Waals surface area contributed by atoms with E-state index in [1.165, 1.54) is 17.7 Å². The van der Waals surface area contributed by atoms with Crippen LogP contribution in [-0.2, 0) is 13.1 Å². The van der Waals surface area contributed by atoms with Crippen LogP contribution < -0.4 is 5.32 Å². The summed E-state index contributed by atoms with van der Waals surface area (Å²) in [5.41, 5.74) is 9.60. The SMILES string of the molecule is Fc1cccc(-c2cncc3[nH]c(-c4n[nH]c5ccc(-c6cncc(CNCc7ccccc7)c6)cc45)cc23)c1. The van der Waals surface area contributed by atoms with E-state index in [9.17, 15) is 4.39 Å². The summed E-state index contributed by atoms with van der Waals surface area (Å²) in [6, 6.07) is 27.4. The topological polar surface area (TPSA) is 82.3 Å². The van der Waals surface area contributed by atoms with Gasteiger partial charge in [0.15, 0.2) is 0 Å². The van der Waals surface area contributed by atoms with Crippen molar-refractivity contribution >= 4 is 21.8 Å². The summed E-state index contributed by atoms with van der Waals surface area (Å²) in [4.78, 5) is 12.3. The van der Waals surface area contributed by atoms with Crippen molar-refractivity contribution < 1.29 is 4.39 Å². The number of nitrogens with zero attached hydrogens (tertiary/aromatic N) is 3. The van der Waals surface area contributed by atoms with Gasteiger partial charge < -0.3 is 10.3 Å². The second-order valence-corrected chi connectivity index (χ2v) is 9.85. The molecule has 0 saturated heterocycles. The number of H-pyrrole nitrogens is 2. The Kier molecular flexibility index (Phi) is 6.11. The van der Waals surface area contributed by atoms with Gasteiger partial charge in [0.1, 0.15) is 11.5 Å². The minimum absolute atomic E-state index is 0.276. The molecule has 4 heterocycles. The first-order valence-corrected chi connectivity index (χ1v) is 13.1. The molecule has 4 aromatic heterocycles. The van der Waals surface area contributed by atoms with Gasteiger partial charge in [-0.3, -0.25) is 15.1 Å². The van der Waals surface area contributed by atoms with Crippen molar-refractivity contribution in [3.63, 3.8) is 0 Å². The van der Waals surface area contributed by atoms with E-state index in [0.29, 0.717) is 0 Å². The lowest BCUT2D eigenvalue weighted by Gasteiger charge is -2.08. The van der Waals surface area contributed by atoms with Crippen LogP contribution in [0.1, 0.15) is 11.1 Å². The van der Waals surface area contributed by atoms with E-state index in [4.69, 9.17) is 0 Å². The molecule has 7 rings (SSSR count). The number of pyridine rings is 2. The lowest BCUT2D eigenvalue weighted by atomic mass is 10.0. The quantitative estimate of drug-likeness (QED) is 0.205. The summed E-state index contributed by atoms with van der Waals surface area (Å²) < 4.78 is 13.9. The molecule has 0 aliphatic carbocycles. The molecule has 194 valence electrons. The molecule has 3 N–H and O–H groups in total. The highest BCUT2D eigenvalue weighted by Gasteiger charge is 2.15. The molecule has 0 aliphatic rings. The number of benzene rings is 3. The van der Waals surface area contributed by atoms with Gasteiger partial charge in [0, 0.05) is 53.6 Å². The fourth-order valence-corrected chi connectivity index (χ4v) is 5.15. The second kappa shape index (κ2) is 10.2. The van der Waals surface area contributed by atoms with Gasteiger partial charge in [0.2, 0.25) is 0 Å². The summed E-state index contributed by atoms with van der Waals surface area (Å²) >= 11 is 0. The van der Waals surface area contributed by atoms with E-state index < -0.39 is 0 Å². The van der Waals surface area contributed by atoms with Crippen molar-refractivity contribution in [3.8, 4) is 33.6 Å². The van der Waals surface area contributed by atoms with Crippen LogP contribution in [0.4, 0.5) is 4.39 Å². The highest BCUT2D eigenvalue weighted by molar-refractivity contribution is 6.01. The summed E-state index contributed by atoms with van der Waals surface area (Å²) in [7, 11) is 0. The van der Waals surface area contributed by atoms with Crippen molar-refractivity contribution in [1.82, 2.24) is 30.5 Å². The Morgan fingerprint density at radius 2 is 1.52 bits per heavy atom. The molecule has 3 aromatic carbocycles. The number of nitrogens with one attached hydrogen (secondary N) is 3. The minimum Gasteiger partial charge on any atom is -0.352 e. The molecule has 0 fully saturated rings. The van der Waals surface area contributed by atoms with Gasteiger partial charge in [-0.05, 0) is 58.7 Å². The van der Waals surface area contributed by atoms with Crippen LogP contribution in [0.15, 0.2) is 110 Å². The van der Waals surface area contributed by atoms with Gasteiger partial charge in [0.25, 0.3) is 0 Å². The molecule has 0 spiro atoms. The zero-order valence-electron chi connectivity index (χ0n) is 21.5. The lowest BCUT2D eigenvalue weighted by Crippen LogP contribution is -2.12. The molecule has 0 amide bonds. The molecule has 0 bridgehead atoms. The highest BCUT2D eigenvalue weighted by atomic mass is 19.1. The summed E-state index contributed by atoms with van der Waals surface area (Å²) in [6.07, 6.45) is 7.34. The first kappa shape index (κ1) is 23.9. The number of aromatic nitrogens is 5. The normalized spacial score (nSPS) is 11.4. The van der Waals surface area contributed by atoms with Crippen LogP contribution in [0.5, 0.6) is 0 Å². The predicted molar refractivity (Wildman–Crippen MR) is 157 cm³/mol. The molecule has 0 aliphatic heterocycles. The Morgan fingerprint density at radius 1 is 0.650 bits per heavy atom. The average Bonchev–Trinajstić information content (AvgIpc) is 3.62. The van der Waals surface area contributed by atoms with Crippen molar-refractivity contribution in [2.24, 2.45) is 0 Å². The monoisotopic (exact) mass is 524 g/mol. The zero-order valence-corrected chi connectivity index (χ0v) is 21.5. The van der Waals surface area contributed by atoms with E-state index in [0.717, 1.165) is 74.1 Å². The number of halogens is 1. The molecule has 40 heavy (non-hydrogen) atoms. The number of fused-ring (bicyclic) bond motifs is 2. The first-order valence-electron chi connectivity index (χ1n) is 13.1. The van der Waals surface area contributed by atoms with Gasteiger partial charge >= 0.3 is 0 Å². The average molecular weight is 525 g/mol. The summed E-state index contributed by atoms with van der Waals surface area (Å²) in [5, 5.41) is 13.3. The largest absolute Gasteiger partial charge is 0.352 e. The van der Waals surface area contributed by atoms with Crippen molar-refractivity contribution in [1.29, 1.82) is 0 Å². The van der Waals surface area contributed by atoms with Crippen LogP contribution in [0, 0.1) is 5.82 Å². The van der Waals surface area contributed by atoms with Crippen molar-refractivity contribution in [2.75, 3.05) is 0 Å². The van der Waals surface area contributed by atoms with E-state index in [1.807, 2.05) is 30.6 Å². The third-order valence-corrected chi connectivity index (χ3v) is 7.13. The number of aromatic amines is 2. The van der Waals surface area contributed by atoms with Crippen molar-refractivity contribution in [3.05, 3.63) is 127 Å². The Morgan fingerprint density at radius 3 is 2.42 bits per heavy atom. The standard InChI is InChI=1S/C33H25FN6/c34-26-8-4-7-24(12-26)29-19-37-20-32-27(29)14-31(38-32)33-28-13-23(9-10-30(28)39-40-33)25-11-22(17-36-18-25)16-35-15-21-5-2-1-3-6-21/h1-14,17-20,35,38H,15-16H2,(H,39,40). The number of rotatable bonds is 7. The third kappa shape index (κ3) is 4.63. The van der Waals surface area contributed by atoms with Crippen LogP contribution in [-0.4, -0.2) is 25.1 Å². The second-order valence-electron chi connectivity index (χ2n) is 9.85. The van der Waals surface area contributed by atoms with E-state index >= 15 is 0 Å². The molecule has 7 heteroatoms. The smallest absolute Gasteiger partial charge is 0.123 e. The lowest BCUT2D eigenvalue weighted by molar-refractivity contribution is 0.628. The maximum Gasteiger partial charge on any atom is 0.123 e. The Bertz CT molecular complexity index is 1960. The molecule has 0 atom stereocenters. The van der Waals surface area contributed by atoms with Crippen LogP contribution in [0.25, 0.3) is 55.4 Å². The van der Waals surface area contributed by atoms with Crippen LogP contribution in [0.3, 0.4) is 0 Å². The van der Waals surface area contributed by atoms with E-state index in [1.54, 1.807) is 18.5 Å². The fraction of sp³-hybridized carbons (Fsp3) is 0.0606. The van der Waals surface area contributed by atoms with E-state index in [2.05, 4.69) is 79.0 Å². The molecule has 6 nitrogen and oxygen atoms in total. The third-order valence-electron chi connectivity index (χ3n) is 7.13. The Balaban J connectivity index is 1.20. The molecular weight excluding hydrogens is 499 g/mol. The maximum absolute atomic E-state index is 13.9. The van der Waals surface area contributed by atoms with Gasteiger partial charge in [-0.2, -0.15) is 5.10 Å². The number of hydrogen-bond acceptors (Lipinski definition) is 4. The highest BCUT2D eigenvalue weighted by Crippen LogP contribution is 2.35. The number of hydrogen-bond donors (Lipinski definition) is 3. The minimum atomic E-state index is -0.276. The Labute approximate surface area is 230 Å². The molecule has 0 saturated carbocycles. The van der Waals surface area contributed by atoms with Crippen LogP contribution >= 0.6 is 0 Å². The zero-order chi connectivity index (χ0) is 26.9. The van der Waals surface area contributed by atoms with Crippen molar-refractivity contribution in [2.45, 2.75) is 13.1 Å². The molecule has 7 aromatic rings. The Hall–Kier alpha value is -5.14. The fourth-order valence-electron chi connectivity index (χ4n) is 5.15. The van der Waals surface area contributed by atoms with Gasteiger partial charge in [-0.25, -0.2) is 4.39 Å². The van der Waals surface area contributed by atoms with Crippen LogP contribution in [0.2, 0.25) is 0 Å². The summed E-state index contributed by atoms with van der Waals surface area (Å²) in [5.74, 6) is -0.276. The van der Waals surface area contributed by atoms with Gasteiger partial charge in [-0.15, -0.1) is 0 Å². The first-order chi connectivity index (χ1) is 19.7. The maximum atomic E-state index is 13.9. The molecule has 0 radical (unpaired) electrons.